The Morgan fingerprint density at radius 3 is 2.46 bits per heavy atom. The molecule has 1 fully saturated rings. The fourth-order valence-electron chi connectivity index (χ4n) is 5.58. The van der Waals surface area contributed by atoms with E-state index in [1.54, 1.807) is 14.1 Å². The highest BCUT2D eigenvalue weighted by Gasteiger charge is 2.64. The Morgan fingerprint density at radius 1 is 1.29 bits per heavy atom. The second-order valence-corrected chi connectivity index (χ2v) is 11.1. The summed E-state index contributed by atoms with van der Waals surface area (Å²) in [5.74, 6) is -5.87. The van der Waals surface area contributed by atoms with Crippen LogP contribution < -0.4 is 5.73 Å². The van der Waals surface area contributed by atoms with E-state index in [2.05, 4.69) is 22.6 Å². The zero-order chi connectivity index (χ0) is 25.3. The van der Waals surface area contributed by atoms with Crippen LogP contribution in [0.4, 0.5) is 0 Å². The number of aliphatic hydroxyl groups is 3. The van der Waals surface area contributed by atoms with Gasteiger partial charge in [-0.25, -0.2) is 0 Å². The zero-order valence-corrected chi connectivity index (χ0v) is 21.7. The predicted octanol–water partition coefficient (Wildman–Crippen LogP) is 2.07. The third-order valence-electron chi connectivity index (χ3n) is 7.05. The number of hydrogen-bond acceptors (Lipinski definition) is 9. The van der Waals surface area contributed by atoms with Gasteiger partial charge in [0.05, 0.1) is 11.6 Å². The number of ketones is 2. The topological polar surface area (TPSA) is 161 Å². The normalized spacial score (nSPS) is 27.9. The van der Waals surface area contributed by atoms with E-state index in [4.69, 9.17) is 5.73 Å². The van der Waals surface area contributed by atoms with E-state index >= 15 is 0 Å². The average molecular weight is 616 g/mol. The molecule has 0 saturated heterocycles. The molecule has 1 aromatic rings. The molecule has 190 valence electrons. The van der Waals surface area contributed by atoms with Crippen LogP contribution in [0.5, 0.6) is 5.75 Å². The number of nitrogens with zero attached hydrogens (tertiary/aromatic N) is 1. The van der Waals surface area contributed by atoms with Gasteiger partial charge in [0.2, 0.25) is 5.78 Å². The van der Waals surface area contributed by atoms with Crippen LogP contribution in [0.1, 0.15) is 30.5 Å². The van der Waals surface area contributed by atoms with E-state index in [1.165, 1.54) is 16.7 Å². The minimum atomic E-state index is -2.62. The number of carbonyl (C=O) groups excluding carboxylic acids is 3. The molecular weight excluding hydrogens is 587 g/mol. The van der Waals surface area contributed by atoms with Crippen molar-refractivity contribution in [1.82, 2.24) is 4.90 Å². The molecule has 1 saturated carbocycles. The maximum atomic E-state index is 13.8. The number of phenolic OH excluding ortho intramolecular Hbond substituents is 1. The van der Waals surface area contributed by atoms with Crippen molar-refractivity contribution in [3.63, 3.8) is 0 Å². The predicted molar refractivity (Wildman–Crippen MR) is 141 cm³/mol. The van der Waals surface area contributed by atoms with Crippen molar-refractivity contribution in [2.45, 2.75) is 37.7 Å². The maximum absolute atomic E-state index is 13.8. The highest BCUT2D eigenvalue weighted by molar-refractivity contribution is 14.1. The summed E-state index contributed by atoms with van der Waals surface area (Å²) >= 11 is 3.61. The van der Waals surface area contributed by atoms with Crippen molar-refractivity contribution >= 4 is 57.6 Å². The Bertz CT molecular complexity index is 1210. The van der Waals surface area contributed by atoms with E-state index in [-0.39, 0.29) is 30.7 Å². The smallest absolute Gasteiger partial charge is 0.255 e. The van der Waals surface area contributed by atoms with E-state index in [9.17, 15) is 34.8 Å². The Morgan fingerprint density at radius 2 is 1.91 bits per heavy atom. The van der Waals surface area contributed by atoms with Crippen molar-refractivity contribution in [1.29, 1.82) is 0 Å². The molecule has 0 unspecified atom stereocenters. The van der Waals surface area contributed by atoms with Gasteiger partial charge in [-0.15, -0.1) is 0 Å². The number of rotatable bonds is 4. The Hall–Kier alpha value is -2.09. The molecule has 0 aliphatic heterocycles. The number of fused-ring (bicyclic) bond motifs is 3. The number of phenols is 1. The van der Waals surface area contributed by atoms with Gasteiger partial charge in [0.25, 0.3) is 5.91 Å². The van der Waals surface area contributed by atoms with E-state index in [1.807, 2.05) is 12.3 Å². The molecule has 9 nitrogen and oxygen atoms in total. The largest absolute Gasteiger partial charge is 0.508 e. The number of aromatic hydroxyl groups is 1. The quantitative estimate of drug-likeness (QED) is 0.252. The monoisotopic (exact) mass is 616 g/mol. The van der Waals surface area contributed by atoms with Gasteiger partial charge in [0.15, 0.2) is 11.4 Å². The lowest BCUT2D eigenvalue weighted by Gasteiger charge is -2.50. The third kappa shape index (κ3) is 3.78. The fourth-order valence-corrected chi connectivity index (χ4v) is 6.98. The second-order valence-electron chi connectivity index (χ2n) is 9.11. The van der Waals surface area contributed by atoms with Gasteiger partial charge in [-0.1, -0.05) is 7.43 Å². The van der Waals surface area contributed by atoms with E-state index in [0.29, 0.717) is 23.3 Å². The lowest BCUT2D eigenvalue weighted by Crippen LogP contribution is -2.65. The standard InChI is InChI=1S/C23H25IN2O7S.CH4/c1-26(2)16-11-5-8-4-10-12(24)6-9(7-34-3)17(27)14(10)18(28)13(8)20(30)23(11,33)21(31)15(19(16)29)22(25)32;/h6,8,11,16,27-28,31,33H,4-5,7H2,1-3H3,(H2,25,32);1H4/t8-,11-,16-,23-;/m0./s1. The molecule has 4 atom stereocenters. The van der Waals surface area contributed by atoms with Gasteiger partial charge in [-0.3, -0.25) is 19.3 Å². The number of primary amides is 1. The number of aliphatic hydroxyl groups excluding tert-OH is 2. The van der Waals surface area contributed by atoms with Gasteiger partial charge >= 0.3 is 0 Å². The molecule has 3 aliphatic rings. The molecule has 35 heavy (non-hydrogen) atoms. The summed E-state index contributed by atoms with van der Waals surface area (Å²) in [7, 11) is 3.14. The minimum Gasteiger partial charge on any atom is -0.508 e. The highest BCUT2D eigenvalue weighted by Crippen LogP contribution is 2.53. The highest BCUT2D eigenvalue weighted by atomic mass is 127. The molecular formula is C24H29IN2O7S. The van der Waals surface area contributed by atoms with Crippen LogP contribution >= 0.6 is 34.4 Å². The van der Waals surface area contributed by atoms with Crippen LogP contribution in [-0.4, -0.2) is 74.8 Å². The van der Waals surface area contributed by atoms with Gasteiger partial charge in [-0.05, 0) is 73.3 Å². The molecule has 1 amide bonds. The van der Waals surface area contributed by atoms with E-state index in [0.717, 1.165) is 3.57 Å². The first kappa shape index (κ1) is 27.5. The Kier molecular flexibility index (Phi) is 7.40. The summed E-state index contributed by atoms with van der Waals surface area (Å²) in [5, 5.41) is 44.5. The van der Waals surface area contributed by atoms with Crippen LogP contribution in [0.3, 0.4) is 0 Å². The lowest BCUT2D eigenvalue weighted by molar-refractivity contribution is -0.153. The van der Waals surface area contributed by atoms with Crippen LogP contribution in [0, 0.1) is 15.4 Å². The SMILES string of the molecule is C.CSCc1cc(I)c2c(c1O)C(O)=C1C(=O)[C@]3(O)C(O)=C(C(N)=O)C(=O)[C@@H](N(C)C)[C@@H]3C[C@@H]1C2. The maximum Gasteiger partial charge on any atom is 0.255 e. The van der Waals surface area contributed by atoms with Crippen molar-refractivity contribution in [3.05, 3.63) is 43.2 Å². The summed E-state index contributed by atoms with van der Waals surface area (Å²) in [4.78, 5) is 40.3. The van der Waals surface area contributed by atoms with Crippen LogP contribution in [-0.2, 0) is 26.6 Å². The average Bonchev–Trinajstić information content (AvgIpc) is 2.74. The molecule has 3 aliphatic carbocycles. The molecule has 0 radical (unpaired) electrons. The van der Waals surface area contributed by atoms with E-state index < -0.39 is 58.0 Å². The molecule has 0 bridgehead atoms. The Labute approximate surface area is 221 Å². The number of halogens is 1. The van der Waals surface area contributed by atoms with Gasteiger partial charge < -0.3 is 26.2 Å². The summed E-state index contributed by atoms with van der Waals surface area (Å²) < 4.78 is 0.816. The zero-order valence-electron chi connectivity index (χ0n) is 18.8. The molecule has 0 spiro atoms. The number of hydrogen-bond donors (Lipinski definition) is 5. The number of benzene rings is 1. The first-order valence-corrected chi connectivity index (χ1v) is 13.0. The summed E-state index contributed by atoms with van der Waals surface area (Å²) in [6.07, 6.45) is 2.24. The minimum absolute atomic E-state index is 0. The molecule has 0 heterocycles. The molecule has 1 aromatic carbocycles. The fraction of sp³-hybridized carbons (Fsp3) is 0.458. The molecule has 4 rings (SSSR count). The number of carbonyl (C=O) groups is 3. The summed E-state index contributed by atoms with van der Waals surface area (Å²) in [6.45, 7) is 0. The summed E-state index contributed by atoms with van der Waals surface area (Å²) in [5.41, 5.74) is 3.15. The first-order chi connectivity index (χ1) is 15.9. The Balaban J connectivity index is 0.00000342. The number of likely N-dealkylation sites (N-methyl/N-ethyl adjacent to an activating group) is 1. The summed E-state index contributed by atoms with van der Waals surface area (Å²) in [6, 6.07) is 0.749. The lowest BCUT2D eigenvalue weighted by atomic mass is 9.57. The van der Waals surface area contributed by atoms with Crippen molar-refractivity contribution in [2.24, 2.45) is 17.6 Å². The van der Waals surface area contributed by atoms with Crippen molar-refractivity contribution in [2.75, 3.05) is 20.4 Å². The molecule has 11 heteroatoms. The van der Waals surface area contributed by atoms with Gasteiger partial charge in [-0.2, -0.15) is 11.8 Å². The molecule has 6 N–H and O–H groups in total. The van der Waals surface area contributed by atoms with Crippen LogP contribution in [0.2, 0.25) is 0 Å². The number of Topliss-reactive ketones (excluding diaryl/α,β-unsaturated/α-hetero) is 2. The number of nitrogens with two attached hydrogens (primary N) is 1. The van der Waals surface area contributed by atoms with Crippen molar-refractivity contribution in [3.8, 4) is 5.75 Å². The third-order valence-corrected chi connectivity index (χ3v) is 8.61. The van der Waals surface area contributed by atoms with Crippen LogP contribution in [0.25, 0.3) is 5.76 Å². The first-order valence-electron chi connectivity index (χ1n) is 10.5. The van der Waals surface area contributed by atoms with Gasteiger partial charge in [0.1, 0.15) is 22.8 Å². The second kappa shape index (κ2) is 9.41. The van der Waals surface area contributed by atoms with Crippen molar-refractivity contribution < 1.29 is 34.8 Å². The molecule has 0 aromatic heterocycles. The van der Waals surface area contributed by atoms with Gasteiger partial charge in [0, 0.05) is 26.4 Å². The van der Waals surface area contributed by atoms with Crippen LogP contribution in [0.15, 0.2) is 23.0 Å². The number of thioether (sulfide) groups is 1. The number of amides is 1.